The first-order chi connectivity index (χ1) is 7.15. The van der Waals surface area contributed by atoms with E-state index in [1.165, 1.54) is 0 Å². The Kier molecular flexibility index (Phi) is 4.43. The van der Waals surface area contributed by atoms with Crippen LogP contribution in [0, 0.1) is 6.92 Å². The Balaban J connectivity index is 2.63. The van der Waals surface area contributed by atoms with Crippen molar-refractivity contribution in [3.63, 3.8) is 0 Å². The third-order valence-electron chi connectivity index (χ3n) is 2.40. The lowest BCUT2D eigenvalue weighted by atomic mass is 10.0. The third-order valence-corrected chi connectivity index (χ3v) is 2.40. The third kappa shape index (κ3) is 3.44. The van der Waals surface area contributed by atoms with Crippen molar-refractivity contribution < 1.29 is 4.79 Å². The van der Waals surface area contributed by atoms with E-state index in [-0.39, 0.29) is 11.8 Å². The first kappa shape index (κ1) is 11.9. The molecule has 82 valence electrons. The number of hydrogen-bond acceptors (Lipinski definition) is 3. The molecule has 2 N–H and O–H groups in total. The number of aryl methyl sites for hydroxylation is 1. The molecule has 0 aliphatic carbocycles. The van der Waals surface area contributed by atoms with Crippen molar-refractivity contribution in [2.75, 3.05) is 0 Å². The number of nitrogens with zero attached hydrogens (tertiary/aromatic N) is 1. The monoisotopic (exact) mass is 206 g/mol. The lowest BCUT2D eigenvalue weighted by Gasteiger charge is -2.09. The zero-order valence-electron chi connectivity index (χ0n) is 9.36. The predicted molar refractivity (Wildman–Crippen MR) is 60.8 cm³/mol. The molecular formula is C12H18N2O. The number of carbonyl (C=O) groups excluding carboxylic acids is 1. The molecule has 0 radical (unpaired) electrons. The Morgan fingerprint density at radius 2 is 2.27 bits per heavy atom. The molecule has 0 fully saturated rings. The van der Waals surface area contributed by atoms with Gasteiger partial charge in [0.15, 0.2) is 5.78 Å². The minimum atomic E-state index is -0.380. The maximum Gasteiger partial charge on any atom is 0.181 e. The van der Waals surface area contributed by atoms with Crippen LogP contribution in [-0.2, 0) is 0 Å². The predicted octanol–water partition coefficient (Wildman–Crippen LogP) is 2.09. The van der Waals surface area contributed by atoms with Crippen LogP contribution in [0.25, 0.3) is 0 Å². The molecule has 3 nitrogen and oxygen atoms in total. The zero-order chi connectivity index (χ0) is 11.3. The highest BCUT2D eigenvalue weighted by atomic mass is 16.1. The summed E-state index contributed by atoms with van der Waals surface area (Å²) < 4.78 is 0. The number of aromatic nitrogens is 1. The van der Waals surface area contributed by atoms with E-state index in [9.17, 15) is 4.79 Å². The second-order valence-electron chi connectivity index (χ2n) is 3.80. The molecule has 1 aromatic rings. The number of unbranched alkanes of at least 4 members (excludes halogenated alkanes) is 1. The largest absolute Gasteiger partial charge is 0.321 e. The molecule has 0 amide bonds. The molecule has 0 spiro atoms. The van der Waals surface area contributed by atoms with Crippen LogP contribution in [0.1, 0.15) is 42.2 Å². The quantitative estimate of drug-likeness (QED) is 0.750. The number of carbonyl (C=O) groups is 1. The molecule has 3 heteroatoms. The van der Waals surface area contributed by atoms with E-state index in [4.69, 9.17) is 5.73 Å². The van der Waals surface area contributed by atoms with Gasteiger partial charge in [-0.25, -0.2) is 0 Å². The molecule has 0 aliphatic heterocycles. The minimum absolute atomic E-state index is 0.00375. The summed E-state index contributed by atoms with van der Waals surface area (Å²) in [6, 6.07) is 3.24. The Morgan fingerprint density at radius 3 is 2.80 bits per heavy atom. The van der Waals surface area contributed by atoms with Gasteiger partial charge < -0.3 is 5.73 Å². The molecule has 1 unspecified atom stereocenters. The molecule has 1 heterocycles. The van der Waals surface area contributed by atoms with E-state index in [2.05, 4.69) is 11.9 Å². The molecule has 15 heavy (non-hydrogen) atoms. The van der Waals surface area contributed by atoms with Crippen LogP contribution in [-0.4, -0.2) is 16.8 Å². The topological polar surface area (TPSA) is 56.0 Å². The highest BCUT2D eigenvalue weighted by molar-refractivity contribution is 5.99. The van der Waals surface area contributed by atoms with Gasteiger partial charge in [0.25, 0.3) is 0 Å². The highest BCUT2D eigenvalue weighted by Crippen LogP contribution is 2.07. The molecule has 0 saturated heterocycles. The van der Waals surface area contributed by atoms with Crippen LogP contribution in [0.3, 0.4) is 0 Å². The molecule has 0 aliphatic rings. The lowest BCUT2D eigenvalue weighted by Crippen LogP contribution is -2.30. The Hall–Kier alpha value is -1.22. The molecule has 0 aromatic carbocycles. The van der Waals surface area contributed by atoms with Crippen LogP contribution in [0.5, 0.6) is 0 Å². The summed E-state index contributed by atoms with van der Waals surface area (Å²) in [6.45, 7) is 3.98. The van der Waals surface area contributed by atoms with E-state index in [1.54, 1.807) is 12.3 Å². The Labute approximate surface area is 90.7 Å². The average molecular weight is 206 g/mol. The van der Waals surface area contributed by atoms with Gasteiger partial charge in [0.2, 0.25) is 0 Å². The van der Waals surface area contributed by atoms with Crippen LogP contribution in [0.2, 0.25) is 0 Å². The van der Waals surface area contributed by atoms with Gasteiger partial charge in [-0.1, -0.05) is 19.8 Å². The fourth-order valence-electron chi connectivity index (χ4n) is 1.38. The lowest BCUT2D eigenvalue weighted by molar-refractivity contribution is 0.0956. The van der Waals surface area contributed by atoms with Crippen LogP contribution >= 0.6 is 0 Å². The SMILES string of the molecule is CCCCC(N)C(=O)c1ccc(C)nc1. The number of ketones is 1. The van der Waals surface area contributed by atoms with Crippen molar-refractivity contribution in [3.05, 3.63) is 29.6 Å². The van der Waals surface area contributed by atoms with Crippen molar-refractivity contribution in [2.24, 2.45) is 5.73 Å². The molecular weight excluding hydrogens is 188 g/mol. The second kappa shape index (κ2) is 5.61. The number of Topliss-reactive ketones (excluding diaryl/α,β-unsaturated/α-hetero) is 1. The summed E-state index contributed by atoms with van der Waals surface area (Å²) in [6.07, 6.45) is 4.41. The van der Waals surface area contributed by atoms with Gasteiger partial charge in [0, 0.05) is 17.5 Å². The van der Waals surface area contributed by atoms with Gasteiger partial charge in [-0.05, 0) is 25.5 Å². The van der Waals surface area contributed by atoms with Gasteiger partial charge in [-0.15, -0.1) is 0 Å². The Bertz CT molecular complexity index is 319. The summed E-state index contributed by atoms with van der Waals surface area (Å²) >= 11 is 0. The van der Waals surface area contributed by atoms with Crippen molar-refractivity contribution in [2.45, 2.75) is 39.2 Å². The van der Waals surface area contributed by atoms with Gasteiger partial charge in [0.1, 0.15) is 0 Å². The van der Waals surface area contributed by atoms with Crippen LogP contribution in [0.4, 0.5) is 0 Å². The summed E-state index contributed by atoms with van der Waals surface area (Å²) in [5.74, 6) is -0.00375. The fourth-order valence-corrected chi connectivity index (χ4v) is 1.38. The molecule has 1 rings (SSSR count). The number of rotatable bonds is 5. The Morgan fingerprint density at radius 1 is 1.53 bits per heavy atom. The van der Waals surface area contributed by atoms with E-state index < -0.39 is 0 Å². The van der Waals surface area contributed by atoms with Gasteiger partial charge >= 0.3 is 0 Å². The summed E-state index contributed by atoms with van der Waals surface area (Å²) in [5, 5.41) is 0. The molecule has 0 bridgehead atoms. The van der Waals surface area contributed by atoms with E-state index in [0.717, 1.165) is 25.0 Å². The first-order valence-corrected chi connectivity index (χ1v) is 5.37. The number of hydrogen-bond donors (Lipinski definition) is 1. The van der Waals surface area contributed by atoms with Gasteiger partial charge in [-0.3, -0.25) is 9.78 Å². The summed E-state index contributed by atoms with van der Waals surface area (Å²) in [5.41, 5.74) is 7.32. The first-order valence-electron chi connectivity index (χ1n) is 5.37. The fraction of sp³-hybridized carbons (Fsp3) is 0.500. The van der Waals surface area contributed by atoms with Crippen molar-refractivity contribution in [1.29, 1.82) is 0 Å². The zero-order valence-corrected chi connectivity index (χ0v) is 9.36. The molecule has 1 atom stereocenters. The van der Waals surface area contributed by atoms with E-state index in [0.29, 0.717) is 5.56 Å². The van der Waals surface area contributed by atoms with Crippen LogP contribution < -0.4 is 5.73 Å². The standard InChI is InChI=1S/C12H18N2O/c1-3-4-5-11(13)12(15)10-7-6-9(2)14-8-10/h6-8,11H,3-5,13H2,1-2H3. The second-order valence-corrected chi connectivity index (χ2v) is 3.80. The maximum absolute atomic E-state index is 11.8. The average Bonchev–Trinajstić information content (AvgIpc) is 2.26. The number of pyridine rings is 1. The van der Waals surface area contributed by atoms with Crippen molar-refractivity contribution >= 4 is 5.78 Å². The van der Waals surface area contributed by atoms with Crippen molar-refractivity contribution in [1.82, 2.24) is 4.98 Å². The maximum atomic E-state index is 11.8. The minimum Gasteiger partial charge on any atom is -0.321 e. The highest BCUT2D eigenvalue weighted by Gasteiger charge is 2.14. The van der Waals surface area contributed by atoms with Gasteiger partial charge in [0.05, 0.1) is 6.04 Å². The smallest absolute Gasteiger partial charge is 0.181 e. The van der Waals surface area contributed by atoms with Crippen molar-refractivity contribution in [3.8, 4) is 0 Å². The summed E-state index contributed by atoms with van der Waals surface area (Å²) in [7, 11) is 0. The molecule has 0 saturated carbocycles. The number of nitrogens with two attached hydrogens (primary N) is 1. The van der Waals surface area contributed by atoms with Crippen LogP contribution in [0.15, 0.2) is 18.3 Å². The normalized spacial score (nSPS) is 12.5. The molecule has 1 aromatic heterocycles. The van der Waals surface area contributed by atoms with E-state index >= 15 is 0 Å². The van der Waals surface area contributed by atoms with Gasteiger partial charge in [-0.2, -0.15) is 0 Å². The summed E-state index contributed by atoms with van der Waals surface area (Å²) in [4.78, 5) is 15.9. The van der Waals surface area contributed by atoms with E-state index in [1.807, 2.05) is 13.0 Å².